The van der Waals surface area contributed by atoms with Crippen LogP contribution in [-0.4, -0.2) is 48.2 Å². The Kier molecular flexibility index (Phi) is 4.95. The van der Waals surface area contributed by atoms with Gasteiger partial charge in [-0.25, -0.2) is 4.98 Å². The van der Waals surface area contributed by atoms with Gasteiger partial charge in [0.15, 0.2) is 5.82 Å². The number of piperidine rings is 1. The molecule has 5 rings (SSSR count). The van der Waals surface area contributed by atoms with E-state index in [-0.39, 0.29) is 17.5 Å². The third-order valence-corrected chi connectivity index (χ3v) is 6.19. The topological polar surface area (TPSA) is 97.9 Å². The SMILES string of the molecule is CCC(=O)N1CCC[C@@H](n2c(=O)cc(C)c3cnc(Nc4ccn(C5CC5)n4)nc32)C1. The lowest BCUT2D eigenvalue weighted by molar-refractivity contribution is -0.132. The molecule has 3 aromatic rings. The Bertz CT molecular complexity index is 1190. The normalized spacial score (nSPS) is 19.0. The molecular weight excluding hydrogens is 394 g/mol. The van der Waals surface area contributed by atoms with E-state index in [0.717, 1.165) is 43.2 Å². The third kappa shape index (κ3) is 3.80. The van der Waals surface area contributed by atoms with Gasteiger partial charge in [-0.2, -0.15) is 10.1 Å². The number of aromatic nitrogens is 5. The average Bonchev–Trinajstić information content (AvgIpc) is 3.52. The van der Waals surface area contributed by atoms with Crippen molar-refractivity contribution in [3.8, 4) is 0 Å². The van der Waals surface area contributed by atoms with Crippen LogP contribution in [0.25, 0.3) is 11.0 Å². The summed E-state index contributed by atoms with van der Waals surface area (Å²) >= 11 is 0. The van der Waals surface area contributed by atoms with Crippen molar-refractivity contribution in [1.29, 1.82) is 0 Å². The molecule has 2 aliphatic rings. The van der Waals surface area contributed by atoms with Crippen molar-refractivity contribution < 1.29 is 4.79 Å². The van der Waals surface area contributed by atoms with Gasteiger partial charge in [-0.1, -0.05) is 6.92 Å². The molecule has 162 valence electrons. The standard InChI is InChI=1S/C22H27N7O2/c1-3-19(30)27-9-4-5-16(13-27)29-20(31)11-14(2)17-12-23-22(25-21(17)29)24-18-8-10-28(26-18)15-6-7-15/h8,10-12,15-16H,3-7,9,13H2,1-2H3,(H,23,24,25,26)/t16-/m1/s1. The van der Waals surface area contributed by atoms with Crippen LogP contribution in [0.1, 0.15) is 56.7 Å². The van der Waals surface area contributed by atoms with Crippen LogP contribution >= 0.6 is 0 Å². The number of hydrogen-bond donors (Lipinski definition) is 1. The van der Waals surface area contributed by atoms with E-state index in [4.69, 9.17) is 4.98 Å². The van der Waals surface area contributed by atoms with E-state index in [1.807, 2.05) is 35.7 Å². The number of nitrogens with zero attached hydrogens (tertiary/aromatic N) is 6. The van der Waals surface area contributed by atoms with Gasteiger partial charge in [0.1, 0.15) is 5.65 Å². The molecule has 9 nitrogen and oxygen atoms in total. The highest BCUT2D eigenvalue weighted by molar-refractivity contribution is 5.79. The Balaban J connectivity index is 1.51. The molecule has 1 saturated carbocycles. The van der Waals surface area contributed by atoms with E-state index in [0.29, 0.717) is 36.4 Å². The van der Waals surface area contributed by atoms with E-state index in [1.54, 1.807) is 16.8 Å². The fraction of sp³-hybridized carbons (Fsp3) is 0.500. The van der Waals surface area contributed by atoms with Gasteiger partial charge < -0.3 is 10.2 Å². The number of rotatable bonds is 5. The number of amides is 1. The molecule has 1 aliphatic carbocycles. The van der Waals surface area contributed by atoms with Crippen LogP contribution < -0.4 is 10.9 Å². The summed E-state index contributed by atoms with van der Waals surface area (Å²) in [5.41, 5.74) is 1.35. The van der Waals surface area contributed by atoms with Gasteiger partial charge >= 0.3 is 0 Å². The van der Waals surface area contributed by atoms with Gasteiger partial charge in [0, 0.05) is 49.4 Å². The number of fused-ring (bicyclic) bond motifs is 1. The zero-order valence-electron chi connectivity index (χ0n) is 17.9. The smallest absolute Gasteiger partial charge is 0.252 e. The summed E-state index contributed by atoms with van der Waals surface area (Å²) in [5, 5.41) is 8.56. The van der Waals surface area contributed by atoms with Crippen molar-refractivity contribution in [2.75, 3.05) is 18.4 Å². The quantitative estimate of drug-likeness (QED) is 0.680. The Hall–Kier alpha value is -3.23. The Morgan fingerprint density at radius 1 is 1.26 bits per heavy atom. The van der Waals surface area contributed by atoms with Crippen LogP contribution in [0.5, 0.6) is 0 Å². The summed E-state index contributed by atoms with van der Waals surface area (Å²) in [6.45, 7) is 5.04. The molecule has 0 radical (unpaired) electrons. The molecule has 0 aromatic carbocycles. The zero-order valence-corrected chi connectivity index (χ0v) is 17.9. The minimum Gasteiger partial charge on any atom is -0.341 e. The first kappa shape index (κ1) is 19.7. The summed E-state index contributed by atoms with van der Waals surface area (Å²) in [7, 11) is 0. The molecule has 31 heavy (non-hydrogen) atoms. The van der Waals surface area contributed by atoms with Crippen LogP contribution in [-0.2, 0) is 4.79 Å². The number of hydrogen-bond acceptors (Lipinski definition) is 6. The van der Waals surface area contributed by atoms with E-state index >= 15 is 0 Å². The van der Waals surface area contributed by atoms with Crippen molar-refractivity contribution in [3.05, 3.63) is 40.4 Å². The van der Waals surface area contributed by atoms with Crippen molar-refractivity contribution in [1.82, 2.24) is 29.2 Å². The van der Waals surface area contributed by atoms with Gasteiger partial charge in [0.25, 0.3) is 5.56 Å². The largest absolute Gasteiger partial charge is 0.341 e. The van der Waals surface area contributed by atoms with Crippen LogP contribution in [0, 0.1) is 6.92 Å². The fourth-order valence-electron chi connectivity index (χ4n) is 4.36. The van der Waals surface area contributed by atoms with E-state index < -0.39 is 0 Å². The Labute approximate surface area is 180 Å². The molecule has 1 N–H and O–H groups in total. The molecule has 1 saturated heterocycles. The van der Waals surface area contributed by atoms with Crippen molar-refractivity contribution in [2.45, 2.75) is 58.0 Å². The molecule has 1 amide bonds. The molecule has 3 aromatic heterocycles. The first-order valence-electron chi connectivity index (χ1n) is 11.0. The molecule has 9 heteroatoms. The van der Waals surface area contributed by atoms with Crippen molar-refractivity contribution >= 4 is 28.7 Å². The predicted molar refractivity (Wildman–Crippen MR) is 117 cm³/mol. The number of nitrogens with one attached hydrogen (secondary N) is 1. The molecule has 0 bridgehead atoms. The number of carbonyl (C=O) groups is 1. The minimum absolute atomic E-state index is 0.0940. The summed E-state index contributed by atoms with van der Waals surface area (Å²) in [6.07, 6.45) is 8.22. The molecule has 1 aliphatic heterocycles. The second kappa shape index (κ2) is 7.79. The Morgan fingerprint density at radius 3 is 2.87 bits per heavy atom. The highest BCUT2D eigenvalue weighted by atomic mass is 16.2. The summed E-state index contributed by atoms with van der Waals surface area (Å²) in [4.78, 5) is 36.3. The summed E-state index contributed by atoms with van der Waals surface area (Å²) in [5.74, 6) is 1.21. The van der Waals surface area contributed by atoms with Crippen LogP contribution in [0.3, 0.4) is 0 Å². The maximum Gasteiger partial charge on any atom is 0.252 e. The minimum atomic E-state index is -0.100. The Morgan fingerprint density at radius 2 is 2.10 bits per heavy atom. The average molecular weight is 422 g/mol. The van der Waals surface area contributed by atoms with Crippen molar-refractivity contribution in [2.24, 2.45) is 0 Å². The predicted octanol–water partition coefficient (Wildman–Crippen LogP) is 2.95. The van der Waals surface area contributed by atoms with Gasteiger partial charge in [0.2, 0.25) is 11.9 Å². The summed E-state index contributed by atoms with van der Waals surface area (Å²) in [6, 6.07) is 3.94. The molecule has 0 spiro atoms. The van der Waals surface area contributed by atoms with E-state index in [9.17, 15) is 9.59 Å². The van der Waals surface area contributed by atoms with Gasteiger partial charge in [0.05, 0.1) is 12.1 Å². The molecule has 0 unspecified atom stereocenters. The second-order valence-electron chi connectivity index (χ2n) is 8.49. The number of aryl methyl sites for hydroxylation is 1. The monoisotopic (exact) mass is 421 g/mol. The number of likely N-dealkylation sites (tertiary alicyclic amines) is 1. The van der Waals surface area contributed by atoms with Crippen LogP contribution in [0.15, 0.2) is 29.3 Å². The highest BCUT2D eigenvalue weighted by Gasteiger charge is 2.27. The lowest BCUT2D eigenvalue weighted by Crippen LogP contribution is -2.42. The number of pyridine rings is 1. The summed E-state index contributed by atoms with van der Waals surface area (Å²) < 4.78 is 3.71. The van der Waals surface area contributed by atoms with Crippen LogP contribution in [0.2, 0.25) is 0 Å². The van der Waals surface area contributed by atoms with E-state index in [2.05, 4.69) is 15.4 Å². The lowest BCUT2D eigenvalue weighted by Gasteiger charge is -2.34. The van der Waals surface area contributed by atoms with Gasteiger partial charge in [-0.15, -0.1) is 0 Å². The molecule has 1 atom stereocenters. The molecular formula is C22H27N7O2. The maximum absolute atomic E-state index is 13.0. The first-order chi connectivity index (χ1) is 15.0. The van der Waals surface area contributed by atoms with Crippen LogP contribution in [0.4, 0.5) is 11.8 Å². The number of anilines is 2. The lowest BCUT2D eigenvalue weighted by atomic mass is 10.0. The highest BCUT2D eigenvalue weighted by Crippen LogP contribution is 2.34. The second-order valence-corrected chi connectivity index (χ2v) is 8.49. The van der Waals surface area contributed by atoms with E-state index in [1.165, 1.54) is 0 Å². The fourth-order valence-corrected chi connectivity index (χ4v) is 4.36. The molecule has 2 fully saturated rings. The molecule has 4 heterocycles. The van der Waals surface area contributed by atoms with Gasteiger partial charge in [-0.05, 0) is 38.2 Å². The third-order valence-electron chi connectivity index (χ3n) is 6.19. The van der Waals surface area contributed by atoms with Crippen molar-refractivity contribution in [3.63, 3.8) is 0 Å². The first-order valence-corrected chi connectivity index (χ1v) is 11.0. The maximum atomic E-state index is 13.0. The zero-order chi connectivity index (χ0) is 21.5. The number of carbonyl (C=O) groups excluding carboxylic acids is 1. The van der Waals surface area contributed by atoms with Gasteiger partial charge in [-0.3, -0.25) is 18.8 Å².